The summed E-state index contributed by atoms with van der Waals surface area (Å²) in [6, 6.07) is 13.9. The van der Waals surface area contributed by atoms with Crippen molar-refractivity contribution in [1.29, 1.82) is 0 Å². The molecule has 0 atom stereocenters. The van der Waals surface area contributed by atoms with E-state index in [1.54, 1.807) is 42.5 Å². The van der Waals surface area contributed by atoms with Gasteiger partial charge in [-0.05, 0) is 36.2 Å². The van der Waals surface area contributed by atoms with Crippen LogP contribution < -0.4 is 5.73 Å². The van der Waals surface area contributed by atoms with Crippen LogP contribution in [0.4, 0.5) is 5.69 Å². The number of sulfone groups is 1. The summed E-state index contributed by atoms with van der Waals surface area (Å²) in [5, 5.41) is 7.78. The zero-order chi connectivity index (χ0) is 20.2. The minimum atomic E-state index is -4.03. The fourth-order valence-corrected chi connectivity index (χ4v) is 4.86. The molecule has 1 radical (unpaired) electrons. The quantitative estimate of drug-likeness (QED) is 0.428. The molecule has 8 nitrogen and oxygen atoms in total. The minimum Gasteiger partial charge on any atom is -0.296 e. The van der Waals surface area contributed by atoms with Crippen LogP contribution in [-0.4, -0.2) is 33.0 Å². The van der Waals surface area contributed by atoms with Crippen LogP contribution in [-0.2, 0) is 16.3 Å². The van der Waals surface area contributed by atoms with E-state index in [-0.39, 0.29) is 26.6 Å². The molecular weight excluding hydrogens is 388 g/mol. The zero-order valence-corrected chi connectivity index (χ0v) is 16.2. The number of aromatic nitrogens is 5. The SMILES string of the molecule is CCc1ccc(S(=O)(=O)c2c([NH])c3nncn3c3nc4ccccc4nc23)cc1. The highest BCUT2D eigenvalue weighted by molar-refractivity contribution is 7.92. The summed E-state index contributed by atoms with van der Waals surface area (Å²) in [6.45, 7) is 2.00. The predicted molar refractivity (Wildman–Crippen MR) is 108 cm³/mol. The van der Waals surface area contributed by atoms with Crippen molar-refractivity contribution in [2.24, 2.45) is 0 Å². The van der Waals surface area contributed by atoms with Gasteiger partial charge in [0.15, 0.2) is 11.3 Å². The number of fused-ring (bicyclic) bond motifs is 4. The Balaban J connectivity index is 1.92. The van der Waals surface area contributed by atoms with E-state index in [4.69, 9.17) is 5.73 Å². The first kappa shape index (κ1) is 17.5. The van der Waals surface area contributed by atoms with E-state index in [0.717, 1.165) is 12.0 Å². The minimum absolute atomic E-state index is 0.100. The molecule has 0 amide bonds. The van der Waals surface area contributed by atoms with Gasteiger partial charge in [-0.1, -0.05) is 31.2 Å². The van der Waals surface area contributed by atoms with E-state index >= 15 is 0 Å². The Labute approximate surface area is 166 Å². The van der Waals surface area contributed by atoms with Gasteiger partial charge in [-0.15, -0.1) is 10.2 Å². The predicted octanol–water partition coefficient (Wildman–Crippen LogP) is 3.14. The van der Waals surface area contributed by atoms with E-state index in [9.17, 15) is 8.42 Å². The van der Waals surface area contributed by atoms with Crippen molar-refractivity contribution >= 4 is 43.4 Å². The number of aryl methyl sites for hydroxylation is 1. The molecule has 0 fully saturated rings. The van der Waals surface area contributed by atoms with Gasteiger partial charge in [0.1, 0.15) is 22.4 Å². The molecule has 0 saturated heterocycles. The van der Waals surface area contributed by atoms with Crippen molar-refractivity contribution < 1.29 is 8.42 Å². The number of nitrogens with one attached hydrogen (secondary N) is 1. The largest absolute Gasteiger partial charge is 0.296 e. The lowest BCUT2D eigenvalue weighted by Crippen LogP contribution is -2.08. The lowest BCUT2D eigenvalue weighted by atomic mass is 10.2. The van der Waals surface area contributed by atoms with E-state index in [0.29, 0.717) is 16.7 Å². The van der Waals surface area contributed by atoms with Crippen molar-refractivity contribution in [2.45, 2.75) is 23.1 Å². The van der Waals surface area contributed by atoms with E-state index in [2.05, 4.69) is 20.2 Å². The number of rotatable bonds is 3. The van der Waals surface area contributed by atoms with Crippen molar-refractivity contribution in [2.75, 3.05) is 0 Å². The number of hydrogen-bond donors (Lipinski definition) is 0. The molecule has 1 N–H and O–H groups in total. The van der Waals surface area contributed by atoms with Crippen LogP contribution in [0.5, 0.6) is 0 Å². The Morgan fingerprint density at radius 1 is 0.966 bits per heavy atom. The maximum Gasteiger partial charge on any atom is 0.211 e. The Kier molecular flexibility index (Phi) is 3.75. The normalized spacial score (nSPS) is 12.2. The molecule has 2 aromatic carbocycles. The summed E-state index contributed by atoms with van der Waals surface area (Å²) in [4.78, 5) is 9.03. The van der Waals surface area contributed by atoms with Crippen LogP contribution in [0.2, 0.25) is 0 Å². The molecule has 29 heavy (non-hydrogen) atoms. The Morgan fingerprint density at radius 2 is 1.66 bits per heavy atom. The molecule has 0 bridgehead atoms. The van der Waals surface area contributed by atoms with Gasteiger partial charge in [-0.2, -0.15) is 0 Å². The number of hydrogen-bond acceptors (Lipinski definition) is 6. The molecule has 3 heterocycles. The Morgan fingerprint density at radius 3 is 2.34 bits per heavy atom. The smallest absolute Gasteiger partial charge is 0.211 e. The number of pyridine rings is 1. The van der Waals surface area contributed by atoms with Gasteiger partial charge in [0.25, 0.3) is 0 Å². The van der Waals surface area contributed by atoms with Crippen LogP contribution >= 0.6 is 0 Å². The highest BCUT2D eigenvalue weighted by Crippen LogP contribution is 2.35. The molecule has 0 aliphatic rings. The molecule has 5 rings (SSSR count). The summed E-state index contributed by atoms with van der Waals surface area (Å²) < 4.78 is 28.5. The van der Waals surface area contributed by atoms with Crippen molar-refractivity contribution in [3.63, 3.8) is 0 Å². The van der Waals surface area contributed by atoms with Gasteiger partial charge in [0.2, 0.25) is 9.84 Å². The summed E-state index contributed by atoms with van der Waals surface area (Å²) in [5.74, 6) is 0. The first-order valence-electron chi connectivity index (χ1n) is 8.98. The molecule has 0 aliphatic heterocycles. The number of benzene rings is 2. The molecule has 143 valence electrons. The van der Waals surface area contributed by atoms with Crippen molar-refractivity contribution in [3.05, 3.63) is 60.4 Å². The average Bonchev–Trinajstić information content (AvgIpc) is 3.23. The maximum absolute atomic E-state index is 13.5. The van der Waals surface area contributed by atoms with E-state index < -0.39 is 9.84 Å². The number of para-hydroxylation sites is 2. The summed E-state index contributed by atoms with van der Waals surface area (Å²) >= 11 is 0. The van der Waals surface area contributed by atoms with Gasteiger partial charge < -0.3 is 0 Å². The lowest BCUT2D eigenvalue weighted by Gasteiger charge is -2.12. The van der Waals surface area contributed by atoms with Gasteiger partial charge in [0, 0.05) is 0 Å². The zero-order valence-electron chi connectivity index (χ0n) is 15.4. The van der Waals surface area contributed by atoms with Crippen LogP contribution in [0.1, 0.15) is 12.5 Å². The molecule has 9 heteroatoms. The summed E-state index contributed by atoms with van der Waals surface area (Å²) in [7, 11) is -4.03. The first-order chi connectivity index (χ1) is 14.0. The van der Waals surface area contributed by atoms with Gasteiger partial charge >= 0.3 is 0 Å². The molecule has 0 aliphatic carbocycles. The van der Waals surface area contributed by atoms with Crippen LogP contribution in [0.25, 0.3) is 27.8 Å². The van der Waals surface area contributed by atoms with Crippen LogP contribution in [0.3, 0.4) is 0 Å². The first-order valence-corrected chi connectivity index (χ1v) is 10.5. The third-order valence-electron chi connectivity index (χ3n) is 4.90. The van der Waals surface area contributed by atoms with Gasteiger partial charge in [0.05, 0.1) is 15.9 Å². The second kappa shape index (κ2) is 6.21. The third kappa shape index (κ3) is 2.54. The van der Waals surface area contributed by atoms with Crippen molar-refractivity contribution in [3.8, 4) is 0 Å². The summed E-state index contributed by atoms with van der Waals surface area (Å²) in [5.41, 5.74) is 11.0. The summed E-state index contributed by atoms with van der Waals surface area (Å²) in [6.07, 6.45) is 2.21. The average molecular weight is 403 g/mol. The van der Waals surface area contributed by atoms with E-state index in [1.165, 1.54) is 10.7 Å². The number of nitrogens with zero attached hydrogens (tertiary/aromatic N) is 5. The Bertz CT molecular complexity index is 1510. The highest BCUT2D eigenvalue weighted by Gasteiger charge is 2.29. The second-order valence-electron chi connectivity index (χ2n) is 6.61. The Hall–Kier alpha value is -3.59. The maximum atomic E-state index is 13.5. The monoisotopic (exact) mass is 403 g/mol. The highest BCUT2D eigenvalue weighted by atomic mass is 32.2. The fourth-order valence-electron chi connectivity index (χ4n) is 3.38. The standard InChI is InChI=1S/C20H15N6O2S/c1-2-12-7-9-13(10-8-12)29(27,28)18-16(21)19-25-22-11-26(19)20-17(18)23-14-5-3-4-6-15(14)24-20/h3-11,21H,2H2,1H3. The van der Waals surface area contributed by atoms with Gasteiger partial charge in [-0.3, -0.25) is 10.1 Å². The molecule has 0 spiro atoms. The van der Waals surface area contributed by atoms with Crippen LogP contribution in [0, 0.1) is 0 Å². The molecule has 5 aromatic rings. The fraction of sp³-hybridized carbons (Fsp3) is 0.100. The molecular formula is C20H15N6O2S. The molecule has 3 aromatic heterocycles. The van der Waals surface area contributed by atoms with E-state index in [1.807, 2.05) is 13.0 Å². The van der Waals surface area contributed by atoms with Gasteiger partial charge in [-0.25, -0.2) is 18.4 Å². The third-order valence-corrected chi connectivity index (χ3v) is 6.73. The molecule has 0 unspecified atom stereocenters. The van der Waals surface area contributed by atoms with Crippen molar-refractivity contribution in [1.82, 2.24) is 30.3 Å². The topological polar surface area (TPSA) is 114 Å². The van der Waals surface area contributed by atoms with Crippen LogP contribution in [0.15, 0.2) is 64.6 Å². The molecule has 0 saturated carbocycles. The lowest BCUT2D eigenvalue weighted by molar-refractivity contribution is 0.597. The second-order valence-corrected chi connectivity index (χ2v) is 8.50.